The molecule has 20 heavy (non-hydrogen) atoms. The molecule has 1 aromatic heterocycles. The molecular formula is C16H23N3S. The summed E-state index contributed by atoms with van der Waals surface area (Å²) in [6, 6.07) is 6.50. The van der Waals surface area contributed by atoms with Crippen molar-refractivity contribution < 1.29 is 0 Å². The minimum atomic E-state index is 0.655. The van der Waals surface area contributed by atoms with E-state index in [2.05, 4.69) is 55.8 Å². The summed E-state index contributed by atoms with van der Waals surface area (Å²) >= 11 is 1.61. The summed E-state index contributed by atoms with van der Waals surface area (Å²) in [5.74, 6) is 0. The molecule has 0 aliphatic heterocycles. The van der Waals surface area contributed by atoms with Gasteiger partial charge in [0.05, 0.1) is 5.69 Å². The molecule has 4 heteroatoms. The summed E-state index contributed by atoms with van der Waals surface area (Å²) in [5, 5.41) is 0.655. The van der Waals surface area contributed by atoms with Crippen molar-refractivity contribution >= 4 is 16.5 Å². The van der Waals surface area contributed by atoms with E-state index >= 15 is 0 Å². The molecule has 0 bridgehead atoms. The van der Waals surface area contributed by atoms with Crippen molar-refractivity contribution in [3.05, 3.63) is 34.2 Å². The third-order valence-electron chi connectivity index (χ3n) is 3.61. The van der Waals surface area contributed by atoms with Gasteiger partial charge in [-0.1, -0.05) is 37.6 Å². The average Bonchev–Trinajstić information content (AvgIpc) is 2.76. The van der Waals surface area contributed by atoms with Gasteiger partial charge in [-0.25, -0.2) is 4.98 Å². The lowest BCUT2D eigenvalue weighted by Crippen LogP contribution is -2.21. The summed E-state index contributed by atoms with van der Waals surface area (Å²) in [7, 11) is 0. The Labute approximate surface area is 125 Å². The zero-order valence-corrected chi connectivity index (χ0v) is 13.5. The molecule has 108 valence electrons. The van der Waals surface area contributed by atoms with Crippen molar-refractivity contribution in [3.63, 3.8) is 0 Å². The number of aryl methyl sites for hydroxylation is 2. The van der Waals surface area contributed by atoms with Crippen molar-refractivity contribution in [1.29, 1.82) is 0 Å². The zero-order valence-electron chi connectivity index (χ0n) is 12.7. The van der Waals surface area contributed by atoms with Crippen LogP contribution in [0.3, 0.4) is 0 Å². The van der Waals surface area contributed by atoms with Gasteiger partial charge in [-0.05, 0) is 32.5 Å². The van der Waals surface area contributed by atoms with E-state index in [0.29, 0.717) is 5.13 Å². The first-order chi connectivity index (χ1) is 9.55. The maximum atomic E-state index is 5.94. The van der Waals surface area contributed by atoms with Crippen molar-refractivity contribution in [3.8, 4) is 11.3 Å². The van der Waals surface area contributed by atoms with Gasteiger partial charge in [0.1, 0.15) is 0 Å². The van der Waals surface area contributed by atoms with Gasteiger partial charge in [0.25, 0.3) is 0 Å². The molecule has 2 rings (SSSR count). The normalized spacial score (nSPS) is 11.2. The van der Waals surface area contributed by atoms with Crippen LogP contribution in [0.4, 0.5) is 5.13 Å². The molecule has 2 N–H and O–H groups in total. The van der Waals surface area contributed by atoms with E-state index in [1.807, 2.05) is 0 Å². The van der Waals surface area contributed by atoms with Gasteiger partial charge >= 0.3 is 0 Å². The molecule has 0 aliphatic carbocycles. The third-order valence-corrected chi connectivity index (χ3v) is 4.48. The molecular weight excluding hydrogens is 266 g/mol. The van der Waals surface area contributed by atoms with Gasteiger partial charge < -0.3 is 5.73 Å². The molecule has 0 fully saturated rings. The molecule has 0 unspecified atom stereocenters. The van der Waals surface area contributed by atoms with E-state index in [4.69, 9.17) is 5.73 Å². The Kier molecular flexibility index (Phi) is 4.78. The van der Waals surface area contributed by atoms with Crippen molar-refractivity contribution in [1.82, 2.24) is 9.88 Å². The molecule has 0 saturated carbocycles. The Morgan fingerprint density at radius 3 is 2.50 bits per heavy atom. The average molecular weight is 289 g/mol. The molecule has 0 aliphatic rings. The van der Waals surface area contributed by atoms with Crippen LogP contribution in [0, 0.1) is 13.8 Å². The number of benzene rings is 1. The van der Waals surface area contributed by atoms with Gasteiger partial charge in [-0.3, -0.25) is 4.90 Å². The molecule has 0 spiro atoms. The standard InChI is InChI=1S/C16H23N3S/c1-5-19(6-2)10-14-15(18-16(17)20-14)13-8-7-11(3)9-12(13)4/h7-9H,5-6,10H2,1-4H3,(H2,17,18). The first-order valence-electron chi connectivity index (χ1n) is 7.10. The topological polar surface area (TPSA) is 42.1 Å². The number of thiazole rings is 1. The van der Waals surface area contributed by atoms with Gasteiger partial charge in [0.15, 0.2) is 5.13 Å². The summed E-state index contributed by atoms with van der Waals surface area (Å²) in [4.78, 5) is 8.21. The van der Waals surface area contributed by atoms with Crippen LogP contribution in [-0.4, -0.2) is 23.0 Å². The number of aromatic nitrogens is 1. The van der Waals surface area contributed by atoms with Crippen LogP contribution in [0.25, 0.3) is 11.3 Å². The number of nitrogen functional groups attached to an aromatic ring is 1. The Hall–Kier alpha value is -1.39. The van der Waals surface area contributed by atoms with Crippen LogP contribution in [0.15, 0.2) is 18.2 Å². The maximum absolute atomic E-state index is 5.94. The van der Waals surface area contributed by atoms with Crippen molar-refractivity contribution in [2.24, 2.45) is 0 Å². The van der Waals surface area contributed by atoms with Gasteiger partial charge in [0.2, 0.25) is 0 Å². The molecule has 3 nitrogen and oxygen atoms in total. The van der Waals surface area contributed by atoms with Crippen molar-refractivity contribution in [2.75, 3.05) is 18.8 Å². The molecule has 1 aromatic carbocycles. The van der Waals surface area contributed by atoms with Gasteiger partial charge in [0, 0.05) is 17.0 Å². The van der Waals surface area contributed by atoms with Gasteiger partial charge in [-0.15, -0.1) is 11.3 Å². The third kappa shape index (κ3) is 3.19. The van der Waals surface area contributed by atoms with Crippen LogP contribution >= 0.6 is 11.3 Å². The van der Waals surface area contributed by atoms with Crippen LogP contribution in [0.2, 0.25) is 0 Å². The second-order valence-corrected chi connectivity index (χ2v) is 6.22. The fourth-order valence-corrected chi connectivity index (χ4v) is 3.31. The molecule has 0 saturated heterocycles. The van der Waals surface area contributed by atoms with E-state index in [1.54, 1.807) is 11.3 Å². The van der Waals surface area contributed by atoms with E-state index in [0.717, 1.165) is 25.3 Å². The van der Waals surface area contributed by atoms with E-state index in [9.17, 15) is 0 Å². The number of anilines is 1. The minimum absolute atomic E-state index is 0.655. The Morgan fingerprint density at radius 2 is 1.90 bits per heavy atom. The highest BCUT2D eigenvalue weighted by molar-refractivity contribution is 7.15. The largest absolute Gasteiger partial charge is 0.375 e. The number of nitrogens with zero attached hydrogens (tertiary/aromatic N) is 2. The van der Waals surface area contributed by atoms with Crippen LogP contribution in [0.1, 0.15) is 29.9 Å². The minimum Gasteiger partial charge on any atom is -0.375 e. The SMILES string of the molecule is CCN(CC)Cc1sc(N)nc1-c1ccc(C)cc1C. The zero-order chi connectivity index (χ0) is 14.7. The predicted molar refractivity (Wildman–Crippen MR) is 88.1 cm³/mol. The van der Waals surface area contributed by atoms with Crippen LogP contribution in [0.5, 0.6) is 0 Å². The predicted octanol–water partition coefficient (Wildman–Crippen LogP) is 3.85. The first kappa shape index (κ1) is 15.0. The lowest BCUT2D eigenvalue weighted by atomic mass is 10.0. The monoisotopic (exact) mass is 289 g/mol. The van der Waals surface area contributed by atoms with Crippen LogP contribution < -0.4 is 5.73 Å². The van der Waals surface area contributed by atoms with Gasteiger partial charge in [-0.2, -0.15) is 0 Å². The van der Waals surface area contributed by atoms with E-state index in [-0.39, 0.29) is 0 Å². The Morgan fingerprint density at radius 1 is 1.20 bits per heavy atom. The second-order valence-electron chi connectivity index (χ2n) is 5.10. The van der Waals surface area contributed by atoms with Crippen LogP contribution in [-0.2, 0) is 6.54 Å². The highest BCUT2D eigenvalue weighted by atomic mass is 32.1. The first-order valence-corrected chi connectivity index (χ1v) is 7.92. The fraction of sp³-hybridized carbons (Fsp3) is 0.438. The quantitative estimate of drug-likeness (QED) is 0.909. The number of hydrogen-bond acceptors (Lipinski definition) is 4. The van der Waals surface area contributed by atoms with E-state index in [1.165, 1.54) is 21.6 Å². The molecule has 0 atom stereocenters. The Bertz CT molecular complexity index is 585. The smallest absolute Gasteiger partial charge is 0.180 e. The summed E-state index contributed by atoms with van der Waals surface area (Å²) < 4.78 is 0. The van der Waals surface area contributed by atoms with E-state index < -0.39 is 0 Å². The highest BCUT2D eigenvalue weighted by Gasteiger charge is 2.15. The second kappa shape index (κ2) is 6.37. The fourth-order valence-electron chi connectivity index (χ4n) is 2.42. The lowest BCUT2D eigenvalue weighted by Gasteiger charge is -2.17. The number of hydrogen-bond donors (Lipinski definition) is 1. The maximum Gasteiger partial charge on any atom is 0.180 e. The molecule has 1 heterocycles. The molecule has 2 aromatic rings. The molecule has 0 amide bonds. The summed E-state index contributed by atoms with van der Waals surface area (Å²) in [6.07, 6.45) is 0. The summed E-state index contributed by atoms with van der Waals surface area (Å²) in [5.41, 5.74) is 10.7. The van der Waals surface area contributed by atoms with Crippen molar-refractivity contribution in [2.45, 2.75) is 34.2 Å². The Balaban J connectivity index is 2.41. The number of rotatable bonds is 5. The molecule has 0 radical (unpaired) electrons. The summed E-state index contributed by atoms with van der Waals surface area (Å²) in [6.45, 7) is 11.6. The number of nitrogens with two attached hydrogens (primary N) is 1. The highest BCUT2D eigenvalue weighted by Crippen LogP contribution is 2.32. The lowest BCUT2D eigenvalue weighted by molar-refractivity contribution is 0.298.